The smallest absolute Gasteiger partial charge is 0.226 e. The number of carbonyl (C=O) groups is 1. The topological polar surface area (TPSA) is 45.9 Å². The fraction of sp³-hybridized carbons (Fsp3) is 0.450. The number of hydrogen-bond donors (Lipinski definition) is 0. The highest BCUT2D eigenvalue weighted by molar-refractivity contribution is 5.79. The van der Waals surface area contributed by atoms with Gasteiger partial charge in [0, 0.05) is 32.1 Å². The summed E-state index contributed by atoms with van der Waals surface area (Å²) in [6.45, 7) is 4.81. The molecule has 0 saturated carbocycles. The number of piperazine rings is 1. The Morgan fingerprint density at radius 1 is 1.08 bits per heavy atom. The van der Waals surface area contributed by atoms with Crippen molar-refractivity contribution in [3.05, 3.63) is 54.0 Å². The monoisotopic (exact) mass is 340 g/mol. The molecule has 5 heteroatoms. The van der Waals surface area contributed by atoms with E-state index in [0.29, 0.717) is 6.61 Å². The van der Waals surface area contributed by atoms with Crippen LogP contribution in [0, 0.1) is 5.92 Å². The zero-order valence-corrected chi connectivity index (χ0v) is 14.4. The van der Waals surface area contributed by atoms with Gasteiger partial charge in [0.15, 0.2) is 0 Å². The third-order valence-electron chi connectivity index (χ3n) is 5.16. The van der Waals surface area contributed by atoms with Crippen LogP contribution in [0.3, 0.4) is 0 Å². The van der Waals surface area contributed by atoms with Crippen LogP contribution in [0.25, 0.3) is 0 Å². The third-order valence-corrected chi connectivity index (χ3v) is 5.16. The van der Waals surface area contributed by atoms with Crippen LogP contribution in [0.4, 0.5) is 0 Å². The number of ether oxygens (including phenoxy) is 1. The van der Waals surface area contributed by atoms with Crippen LogP contribution in [0.5, 0.6) is 5.75 Å². The molecule has 3 heterocycles. The van der Waals surface area contributed by atoms with E-state index >= 15 is 0 Å². The number of carbonyl (C=O) groups excluding carboxylic acids is 1. The predicted octanol–water partition coefficient (Wildman–Crippen LogP) is 2.57. The van der Waals surface area contributed by atoms with Gasteiger partial charge < -0.3 is 14.1 Å². The Balaban J connectivity index is 1.34. The Labute approximate surface area is 148 Å². The first kappa shape index (κ1) is 16.2. The van der Waals surface area contributed by atoms with Crippen LogP contribution in [0.1, 0.15) is 17.7 Å². The maximum Gasteiger partial charge on any atom is 0.226 e. The zero-order chi connectivity index (χ0) is 17.1. The van der Waals surface area contributed by atoms with E-state index < -0.39 is 0 Å². The van der Waals surface area contributed by atoms with Crippen molar-refractivity contribution in [2.24, 2.45) is 5.92 Å². The van der Waals surface area contributed by atoms with E-state index in [1.165, 1.54) is 0 Å². The maximum absolute atomic E-state index is 13.0. The summed E-state index contributed by atoms with van der Waals surface area (Å²) in [4.78, 5) is 17.3. The molecular weight excluding hydrogens is 316 g/mol. The van der Waals surface area contributed by atoms with Crippen molar-refractivity contribution in [2.75, 3.05) is 32.8 Å². The Morgan fingerprint density at radius 2 is 1.92 bits per heavy atom. The van der Waals surface area contributed by atoms with E-state index in [-0.39, 0.29) is 11.8 Å². The molecule has 1 aromatic carbocycles. The van der Waals surface area contributed by atoms with Gasteiger partial charge >= 0.3 is 0 Å². The van der Waals surface area contributed by atoms with E-state index in [4.69, 9.17) is 9.15 Å². The normalized spacial score (nSPS) is 21.3. The molecule has 0 N–H and O–H groups in total. The van der Waals surface area contributed by atoms with Gasteiger partial charge in [-0.15, -0.1) is 0 Å². The third kappa shape index (κ3) is 3.71. The predicted molar refractivity (Wildman–Crippen MR) is 94.3 cm³/mol. The molecule has 4 rings (SSSR count). The first-order valence-corrected chi connectivity index (χ1v) is 9.04. The Kier molecular flexibility index (Phi) is 4.74. The standard InChI is InChI=1S/C20H24N2O3/c23-20(17-7-13-25-19-6-2-1-4-16(19)14-17)22-10-8-21(9-11-22)15-18-5-3-12-24-18/h1-6,12,17H,7-11,13-15H2. The Hall–Kier alpha value is -2.27. The molecular formula is C20H24N2O3. The van der Waals surface area contributed by atoms with Crippen molar-refractivity contribution in [1.29, 1.82) is 0 Å². The number of para-hydroxylation sites is 1. The van der Waals surface area contributed by atoms with Gasteiger partial charge in [-0.05, 0) is 36.6 Å². The summed E-state index contributed by atoms with van der Waals surface area (Å²) in [5, 5.41) is 0. The molecule has 25 heavy (non-hydrogen) atoms. The number of amides is 1. The lowest BCUT2D eigenvalue weighted by atomic mass is 9.95. The lowest BCUT2D eigenvalue weighted by molar-refractivity contribution is -0.137. The Bertz CT molecular complexity index is 705. The summed E-state index contributed by atoms with van der Waals surface area (Å²) < 4.78 is 11.2. The van der Waals surface area contributed by atoms with Crippen LogP contribution >= 0.6 is 0 Å². The van der Waals surface area contributed by atoms with Gasteiger partial charge in [0.05, 0.1) is 19.4 Å². The highest BCUT2D eigenvalue weighted by atomic mass is 16.5. The second kappa shape index (κ2) is 7.31. The lowest BCUT2D eigenvalue weighted by Gasteiger charge is -2.36. The van der Waals surface area contributed by atoms with Crippen LogP contribution in [-0.4, -0.2) is 48.5 Å². The number of benzene rings is 1. The largest absolute Gasteiger partial charge is 0.493 e. The molecule has 5 nitrogen and oxygen atoms in total. The summed E-state index contributed by atoms with van der Waals surface area (Å²) in [5.41, 5.74) is 1.15. The number of furan rings is 1. The molecule has 1 unspecified atom stereocenters. The number of fused-ring (bicyclic) bond motifs is 1. The van der Waals surface area contributed by atoms with Gasteiger partial charge in [-0.2, -0.15) is 0 Å². The van der Waals surface area contributed by atoms with Crippen LogP contribution < -0.4 is 4.74 Å². The van der Waals surface area contributed by atoms with Crippen LogP contribution in [-0.2, 0) is 17.8 Å². The van der Waals surface area contributed by atoms with Crippen molar-refractivity contribution in [3.63, 3.8) is 0 Å². The van der Waals surface area contributed by atoms with Crippen molar-refractivity contribution < 1.29 is 13.9 Å². The molecule has 0 bridgehead atoms. The van der Waals surface area contributed by atoms with Gasteiger partial charge in [0.2, 0.25) is 5.91 Å². The number of hydrogen-bond acceptors (Lipinski definition) is 4. The van der Waals surface area contributed by atoms with Crippen molar-refractivity contribution in [3.8, 4) is 5.75 Å². The van der Waals surface area contributed by atoms with E-state index in [9.17, 15) is 4.79 Å². The molecule has 2 aliphatic rings. The Morgan fingerprint density at radius 3 is 2.72 bits per heavy atom. The maximum atomic E-state index is 13.0. The average Bonchev–Trinajstić information content (AvgIpc) is 3.05. The first-order chi connectivity index (χ1) is 12.3. The van der Waals surface area contributed by atoms with Gasteiger partial charge in [0.25, 0.3) is 0 Å². The minimum atomic E-state index is 0.0280. The highest BCUT2D eigenvalue weighted by Crippen LogP contribution is 2.28. The molecule has 0 aliphatic carbocycles. The fourth-order valence-electron chi connectivity index (χ4n) is 3.71. The van der Waals surface area contributed by atoms with E-state index in [2.05, 4.69) is 11.0 Å². The molecule has 2 aromatic rings. The lowest BCUT2D eigenvalue weighted by Crippen LogP contribution is -2.50. The molecule has 1 atom stereocenters. The number of rotatable bonds is 3. The summed E-state index contributed by atoms with van der Waals surface area (Å²) in [5.74, 6) is 2.22. The second-order valence-corrected chi connectivity index (χ2v) is 6.83. The van der Waals surface area contributed by atoms with Gasteiger partial charge in [-0.1, -0.05) is 18.2 Å². The molecule has 1 fully saturated rings. The van der Waals surface area contributed by atoms with Gasteiger partial charge in [-0.25, -0.2) is 0 Å². The van der Waals surface area contributed by atoms with E-state index in [1.807, 2.05) is 35.2 Å². The highest BCUT2D eigenvalue weighted by Gasteiger charge is 2.29. The fourth-order valence-corrected chi connectivity index (χ4v) is 3.71. The molecule has 2 aliphatic heterocycles. The second-order valence-electron chi connectivity index (χ2n) is 6.83. The summed E-state index contributed by atoms with van der Waals surface area (Å²) in [6, 6.07) is 12.0. The molecule has 0 spiro atoms. The molecule has 132 valence electrons. The first-order valence-electron chi connectivity index (χ1n) is 9.04. The summed E-state index contributed by atoms with van der Waals surface area (Å²) >= 11 is 0. The quantitative estimate of drug-likeness (QED) is 0.861. The minimum Gasteiger partial charge on any atom is -0.493 e. The molecule has 1 aromatic heterocycles. The van der Waals surface area contributed by atoms with Gasteiger partial charge in [0.1, 0.15) is 11.5 Å². The SMILES string of the molecule is O=C(C1CCOc2ccccc2C1)N1CCN(Cc2ccco2)CC1. The average molecular weight is 340 g/mol. The molecule has 0 radical (unpaired) electrons. The van der Waals surface area contributed by atoms with Crippen molar-refractivity contribution in [2.45, 2.75) is 19.4 Å². The van der Waals surface area contributed by atoms with E-state index in [0.717, 1.165) is 62.6 Å². The minimum absolute atomic E-state index is 0.0280. The molecule has 1 saturated heterocycles. The van der Waals surface area contributed by atoms with Crippen molar-refractivity contribution in [1.82, 2.24) is 9.80 Å². The number of nitrogens with zero attached hydrogens (tertiary/aromatic N) is 2. The molecule has 1 amide bonds. The summed E-state index contributed by atoms with van der Waals surface area (Å²) in [7, 11) is 0. The van der Waals surface area contributed by atoms with Gasteiger partial charge in [-0.3, -0.25) is 9.69 Å². The van der Waals surface area contributed by atoms with Crippen LogP contribution in [0.2, 0.25) is 0 Å². The summed E-state index contributed by atoms with van der Waals surface area (Å²) in [6.07, 6.45) is 3.28. The zero-order valence-electron chi connectivity index (χ0n) is 14.4. The van der Waals surface area contributed by atoms with Crippen LogP contribution in [0.15, 0.2) is 47.1 Å². The van der Waals surface area contributed by atoms with Crippen molar-refractivity contribution >= 4 is 5.91 Å². The van der Waals surface area contributed by atoms with E-state index in [1.54, 1.807) is 6.26 Å².